The molecule has 0 amide bonds. The number of hydrogen-bond acceptors (Lipinski definition) is 3. The highest BCUT2D eigenvalue weighted by Gasteiger charge is 2.07. The summed E-state index contributed by atoms with van der Waals surface area (Å²) in [6, 6.07) is 12.9. The molecule has 0 saturated carbocycles. The fraction of sp³-hybridized carbons (Fsp3) is 0.0667. The second-order valence-electron chi connectivity index (χ2n) is 4.32. The van der Waals surface area contributed by atoms with Crippen LogP contribution in [-0.2, 0) is 6.54 Å². The lowest BCUT2D eigenvalue weighted by molar-refractivity contribution is 0.571. The second-order valence-corrected chi connectivity index (χ2v) is 5.24. The molecule has 0 N–H and O–H groups in total. The van der Waals surface area contributed by atoms with Gasteiger partial charge >= 0.3 is 0 Å². The first kappa shape index (κ1) is 12.9. The van der Waals surface area contributed by atoms with Crippen LogP contribution in [0.15, 0.2) is 68.6 Å². The average molecular weight is 331 g/mol. The number of benzene rings is 1. The normalized spacial score (nSPS) is 10.7. The highest BCUT2D eigenvalue weighted by Crippen LogP contribution is 2.18. The third kappa shape index (κ3) is 2.72. The Kier molecular flexibility index (Phi) is 3.52. The predicted molar refractivity (Wildman–Crippen MR) is 79.4 cm³/mol. The van der Waals surface area contributed by atoms with E-state index in [1.54, 1.807) is 23.1 Å². The van der Waals surface area contributed by atoms with Crippen LogP contribution in [-0.4, -0.2) is 9.55 Å². The molecule has 0 bridgehead atoms. The zero-order valence-corrected chi connectivity index (χ0v) is 12.1. The second kappa shape index (κ2) is 5.46. The van der Waals surface area contributed by atoms with Crippen molar-refractivity contribution in [3.63, 3.8) is 0 Å². The van der Waals surface area contributed by atoms with E-state index in [-0.39, 0.29) is 5.56 Å². The molecule has 3 rings (SSSR count). The zero-order chi connectivity index (χ0) is 13.9. The number of hydrogen-bond donors (Lipinski definition) is 0. The molecule has 20 heavy (non-hydrogen) atoms. The van der Waals surface area contributed by atoms with Gasteiger partial charge in [0.25, 0.3) is 5.56 Å². The standard InChI is InChI=1S/C15H11BrN2O2/c16-12-6-7-14(19)18(8-12)9-13-10-20-15(17-13)11-4-2-1-3-5-11/h1-8,10H,9H2. The Morgan fingerprint density at radius 1 is 1.15 bits per heavy atom. The predicted octanol–water partition coefficient (Wildman–Crippen LogP) is 3.31. The summed E-state index contributed by atoms with van der Waals surface area (Å²) in [4.78, 5) is 16.1. The monoisotopic (exact) mass is 330 g/mol. The minimum absolute atomic E-state index is 0.0718. The van der Waals surface area contributed by atoms with Crippen molar-refractivity contribution in [1.29, 1.82) is 0 Å². The fourth-order valence-corrected chi connectivity index (χ4v) is 2.27. The van der Waals surface area contributed by atoms with Crippen molar-refractivity contribution in [2.24, 2.45) is 0 Å². The summed E-state index contributed by atoms with van der Waals surface area (Å²) in [7, 11) is 0. The fourth-order valence-electron chi connectivity index (χ4n) is 1.89. The van der Waals surface area contributed by atoms with Gasteiger partial charge < -0.3 is 8.98 Å². The molecule has 0 spiro atoms. The lowest BCUT2D eigenvalue weighted by atomic mass is 10.2. The number of halogens is 1. The van der Waals surface area contributed by atoms with E-state index in [4.69, 9.17) is 4.42 Å². The van der Waals surface area contributed by atoms with E-state index < -0.39 is 0 Å². The molecule has 1 aromatic carbocycles. The smallest absolute Gasteiger partial charge is 0.250 e. The van der Waals surface area contributed by atoms with Gasteiger partial charge in [-0.15, -0.1) is 0 Å². The average Bonchev–Trinajstić information content (AvgIpc) is 2.92. The van der Waals surface area contributed by atoms with Crippen LogP contribution < -0.4 is 5.56 Å². The van der Waals surface area contributed by atoms with Crippen molar-refractivity contribution < 1.29 is 4.42 Å². The molecule has 4 nitrogen and oxygen atoms in total. The quantitative estimate of drug-likeness (QED) is 0.740. The number of oxazole rings is 1. The van der Waals surface area contributed by atoms with Crippen molar-refractivity contribution in [1.82, 2.24) is 9.55 Å². The molecule has 0 atom stereocenters. The first-order valence-electron chi connectivity index (χ1n) is 6.08. The van der Waals surface area contributed by atoms with Gasteiger partial charge in [-0.2, -0.15) is 0 Å². The third-order valence-corrected chi connectivity index (χ3v) is 3.32. The van der Waals surface area contributed by atoms with E-state index in [0.717, 1.165) is 10.0 Å². The van der Waals surface area contributed by atoms with Crippen molar-refractivity contribution >= 4 is 15.9 Å². The Labute approximate surface area is 123 Å². The maximum atomic E-state index is 11.7. The summed E-state index contributed by atoms with van der Waals surface area (Å²) in [6.45, 7) is 0.384. The van der Waals surface area contributed by atoms with Gasteiger partial charge in [0.2, 0.25) is 5.89 Å². The molecule has 2 heterocycles. The van der Waals surface area contributed by atoms with E-state index in [9.17, 15) is 4.79 Å². The summed E-state index contributed by atoms with van der Waals surface area (Å²) in [5.41, 5.74) is 1.56. The summed E-state index contributed by atoms with van der Waals surface area (Å²) < 4.78 is 7.89. The number of nitrogens with zero attached hydrogens (tertiary/aromatic N) is 2. The van der Waals surface area contributed by atoms with Crippen LogP contribution in [0.5, 0.6) is 0 Å². The maximum Gasteiger partial charge on any atom is 0.250 e. The van der Waals surface area contributed by atoms with Crippen LogP contribution in [0.3, 0.4) is 0 Å². The van der Waals surface area contributed by atoms with Crippen LogP contribution in [0.1, 0.15) is 5.69 Å². The van der Waals surface area contributed by atoms with Gasteiger partial charge in [-0.3, -0.25) is 4.79 Å². The molecule has 0 radical (unpaired) electrons. The van der Waals surface area contributed by atoms with E-state index >= 15 is 0 Å². The van der Waals surface area contributed by atoms with Crippen LogP contribution in [0, 0.1) is 0 Å². The summed E-state index contributed by atoms with van der Waals surface area (Å²) >= 11 is 3.35. The zero-order valence-electron chi connectivity index (χ0n) is 10.5. The van der Waals surface area contributed by atoms with Crippen LogP contribution in [0.25, 0.3) is 11.5 Å². The molecule has 2 aromatic heterocycles. The topological polar surface area (TPSA) is 48.0 Å². The third-order valence-electron chi connectivity index (χ3n) is 2.85. The first-order valence-corrected chi connectivity index (χ1v) is 6.87. The van der Waals surface area contributed by atoms with E-state index in [2.05, 4.69) is 20.9 Å². The molecule has 3 aromatic rings. The largest absolute Gasteiger partial charge is 0.444 e. The van der Waals surface area contributed by atoms with Crippen molar-refractivity contribution in [2.75, 3.05) is 0 Å². The first-order chi connectivity index (χ1) is 9.72. The summed E-state index contributed by atoms with van der Waals surface area (Å²) in [5.74, 6) is 0.559. The van der Waals surface area contributed by atoms with Crippen molar-refractivity contribution in [3.05, 3.63) is 75.4 Å². The van der Waals surface area contributed by atoms with Crippen molar-refractivity contribution in [3.8, 4) is 11.5 Å². The highest BCUT2D eigenvalue weighted by molar-refractivity contribution is 9.10. The van der Waals surface area contributed by atoms with E-state index in [1.165, 1.54) is 6.07 Å². The van der Waals surface area contributed by atoms with Crippen molar-refractivity contribution in [2.45, 2.75) is 6.54 Å². The number of rotatable bonds is 3. The molecule has 100 valence electrons. The number of aromatic nitrogens is 2. The molecule has 0 saturated heterocycles. The van der Waals surface area contributed by atoms with Gasteiger partial charge in [0.05, 0.1) is 12.2 Å². The molecule has 5 heteroatoms. The molecule has 0 aliphatic heterocycles. The summed E-state index contributed by atoms with van der Waals surface area (Å²) in [5, 5.41) is 0. The molecular weight excluding hydrogens is 320 g/mol. The maximum absolute atomic E-state index is 11.7. The van der Waals surface area contributed by atoms with Gasteiger partial charge in [-0.1, -0.05) is 18.2 Å². The Balaban J connectivity index is 1.88. The lowest BCUT2D eigenvalue weighted by Crippen LogP contribution is -2.18. The van der Waals surface area contributed by atoms with Crippen LogP contribution in [0.4, 0.5) is 0 Å². The van der Waals surface area contributed by atoms with Crippen LogP contribution >= 0.6 is 15.9 Å². The van der Waals surface area contributed by atoms with Gasteiger partial charge in [0.1, 0.15) is 6.26 Å². The van der Waals surface area contributed by atoms with Gasteiger partial charge in [-0.25, -0.2) is 4.98 Å². The molecule has 0 aliphatic carbocycles. The van der Waals surface area contributed by atoms with Crippen LogP contribution in [0.2, 0.25) is 0 Å². The minimum Gasteiger partial charge on any atom is -0.444 e. The number of pyridine rings is 1. The van der Waals surface area contributed by atoms with Gasteiger partial charge in [0.15, 0.2) is 0 Å². The van der Waals surface area contributed by atoms with Gasteiger partial charge in [-0.05, 0) is 34.1 Å². The lowest BCUT2D eigenvalue weighted by Gasteiger charge is -2.02. The Hall–Kier alpha value is -2.14. The minimum atomic E-state index is -0.0718. The van der Waals surface area contributed by atoms with E-state index in [1.807, 2.05) is 30.3 Å². The Morgan fingerprint density at radius 3 is 2.75 bits per heavy atom. The Morgan fingerprint density at radius 2 is 1.95 bits per heavy atom. The Bertz CT molecular complexity index is 778. The van der Waals surface area contributed by atoms with E-state index in [0.29, 0.717) is 18.1 Å². The summed E-state index contributed by atoms with van der Waals surface area (Å²) in [6.07, 6.45) is 3.31. The van der Waals surface area contributed by atoms with Gasteiger partial charge in [0, 0.05) is 22.3 Å². The molecule has 0 fully saturated rings. The highest BCUT2D eigenvalue weighted by atomic mass is 79.9. The molecule has 0 unspecified atom stereocenters. The molecule has 0 aliphatic rings. The molecular formula is C15H11BrN2O2. The SMILES string of the molecule is O=c1ccc(Br)cn1Cc1coc(-c2ccccc2)n1.